The molecule has 6 atom stereocenters. The molecule has 0 N–H and O–H groups in total. The highest BCUT2D eigenvalue weighted by atomic mass is 16.1. The molecule has 112 valence electrons. The molecule has 4 rings (SSSR count). The zero-order valence-corrected chi connectivity index (χ0v) is 13.3. The molecule has 4 aliphatic carbocycles. The number of carbonyl (C=O) groups excluding carboxylic acids is 1. The molecule has 0 aromatic heterocycles. The largest absolute Gasteiger partial charge is 0.299 e. The minimum atomic E-state index is 0.0685. The van der Waals surface area contributed by atoms with Gasteiger partial charge in [0, 0.05) is 11.8 Å². The van der Waals surface area contributed by atoms with Crippen LogP contribution in [0.25, 0.3) is 0 Å². The first-order valence-electron chi connectivity index (χ1n) is 9.09. The molecule has 0 radical (unpaired) electrons. The quantitative estimate of drug-likeness (QED) is 0.608. The number of Topliss-reactive ketones (excluding diaryl/α,β-unsaturated/α-hetero) is 1. The van der Waals surface area contributed by atoms with Crippen LogP contribution in [0.2, 0.25) is 0 Å². The van der Waals surface area contributed by atoms with Gasteiger partial charge in [-0.25, -0.2) is 0 Å². The second-order valence-electron chi connectivity index (χ2n) is 8.82. The summed E-state index contributed by atoms with van der Waals surface area (Å²) in [4.78, 5) is 12.4. The minimum absolute atomic E-state index is 0.0685. The van der Waals surface area contributed by atoms with Crippen LogP contribution in [0.15, 0.2) is 0 Å². The van der Waals surface area contributed by atoms with Crippen LogP contribution in [-0.4, -0.2) is 5.78 Å². The highest BCUT2D eigenvalue weighted by Crippen LogP contribution is 2.65. The molecule has 2 unspecified atom stereocenters. The average Bonchev–Trinajstić information content (AvgIpc) is 2.74. The molecule has 20 heavy (non-hydrogen) atoms. The Labute approximate surface area is 123 Å². The smallest absolute Gasteiger partial charge is 0.139 e. The number of carbonyl (C=O) groups is 1. The minimum Gasteiger partial charge on any atom is -0.299 e. The highest BCUT2D eigenvalue weighted by molar-refractivity contribution is 5.87. The third-order valence-electron chi connectivity index (χ3n) is 8.29. The summed E-state index contributed by atoms with van der Waals surface area (Å²) >= 11 is 0. The van der Waals surface area contributed by atoms with Crippen molar-refractivity contribution in [2.45, 2.75) is 78.1 Å². The Morgan fingerprint density at radius 1 is 0.900 bits per heavy atom. The Kier molecular flexibility index (Phi) is 2.89. The van der Waals surface area contributed by atoms with E-state index in [9.17, 15) is 4.79 Å². The van der Waals surface area contributed by atoms with Gasteiger partial charge in [-0.05, 0) is 74.0 Å². The van der Waals surface area contributed by atoms with Crippen molar-refractivity contribution in [2.24, 2.45) is 34.5 Å². The van der Waals surface area contributed by atoms with Gasteiger partial charge in [0.05, 0.1) is 0 Å². The van der Waals surface area contributed by atoms with E-state index in [1.807, 2.05) is 0 Å². The van der Waals surface area contributed by atoms with Crippen molar-refractivity contribution in [3.8, 4) is 0 Å². The molecule has 0 spiro atoms. The topological polar surface area (TPSA) is 17.1 Å². The molecule has 0 amide bonds. The summed E-state index contributed by atoms with van der Waals surface area (Å²) in [7, 11) is 0. The van der Waals surface area contributed by atoms with E-state index in [2.05, 4.69) is 13.8 Å². The second-order valence-corrected chi connectivity index (χ2v) is 8.82. The molecule has 4 aliphatic rings. The maximum Gasteiger partial charge on any atom is 0.139 e. The third kappa shape index (κ3) is 1.58. The first-order valence-corrected chi connectivity index (χ1v) is 9.09. The lowest BCUT2D eigenvalue weighted by Gasteiger charge is -2.59. The second kappa shape index (κ2) is 4.34. The van der Waals surface area contributed by atoms with Gasteiger partial charge in [0.2, 0.25) is 0 Å². The van der Waals surface area contributed by atoms with Gasteiger partial charge < -0.3 is 0 Å². The summed E-state index contributed by atoms with van der Waals surface area (Å²) in [5.41, 5.74) is 0.688. The Morgan fingerprint density at radius 2 is 1.75 bits per heavy atom. The fraction of sp³-hybridized carbons (Fsp3) is 0.947. The summed E-state index contributed by atoms with van der Waals surface area (Å²) in [5, 5.41) is 0. The predicted molar refractivity (Wildman–Crippen MR) is 81.4 cm³/mol. The number of ketones is 1. The molecule has 0 bridgehead atoms. The van der Waals surface area contributed by atoms with Gasteiger partial charge in [-0.3, -0.25) is 4.79 Å². The Balaban J connectivity index is 1.66. The number of fused-ring (bicyclic) bond motifs is 5. The summed E-state index contributed by atoms with van der Waals surface area (Å²) in [5.74, 6) is 4.13. The van der Waals surface area contributed by atoms with Crippen molar-refractivity contribution in [1.82, 2.24) is 0 Å². The van der Waals surface area contributed by atoms with Crippen LogP contribution >= 0.6 is 0 Å². The van der Waals surface area contributed by atoms with Crippen molar-refractivity contribution in [3.05, 3.63) is 0 Å². The van der Waals surface area contributed by atoms with Crippen LogP contribution in [0.5, 0.6) is 0 Å². The Morgan fingerprint density at radius 3 is 2.60 bits per heavy atom. The number of rotatable bonds is 0. The fourth-order valence-electron chi connectivity index (χ4n) is 7.07. The van der Waals surface area contributed by atoms with Crippen molar-refractivity contribution >= 4 is 5.78 Å². The first-order chi connectivity index (χ1) is 9.56. The Hall–Kier alpha value is -0.330. The van der Waals surface area contributed by atoms with Gasteiger partial charge in [-0.2, -0.15) is 0 Å². The van der Waals surface area contributed by atoms with E-state index >= 15 is 0 Å². The molecule has 0 heterocycles. The lowest BCUT2D eigenvalue weighted by molar-refractivity contribution is -0.138. The van der Waals surface area contributed by atoms with Crippen LogP contribution in [-0.2, 0) is 4.79 Å². The van der Waals surface area contributed by atoms with Crippen LogP contribution in [0.4, 0.5) is 0 Å². The summed E-state index contributed by atoms with van der Waals surface area (Å²) < 4.78 is 0. The van der Waals surface area contributed by atoms with Crippen molar-refractivity contribution in [3.63, 3.8) is 0 Å². The summed E-state index contributed by atoms with van der Waals surface area (Å²) in [6.07, 6.45) is 13.4. The molecule has 1 nitrogen and oxygen atoms in total. The fourth-order valence-corrected chi connectivity index (χ4v) is 7.07. The van der Waals surface area contributed by atoms with Crippen LogP contribution in [0, 0.1) is 34.5 Å². The Bertz CT molecular complexity index is 427. The first kappa shape index (κ1) is 13.3. The van der Waals surface area contributed by atoms with Crippen molar-refractivity contribution < 1.29 is 4.79 Å². The molecular weight excluding hydrogens is 244 g/mol. The van der Waals surface area contributed by atoms with E-state index in [0.29, 0.717) is 11.2 Å². The molecule has 0 aromatic rings. The van der Waals surface area contributed by atoms with Gasteiger partial charge in [0.15, 0.2) is 0 Å². The predicted octanol–water partition coefficient (Wildman–Crippen LogP) is 4.99. The molecule has 0 aromatic carbocycles. The third-order valence-corrected chi connectivity index (χ3v) is 8.29. The van der Waals surface area contributed by atoms with E-state index in [1.165, 1.54) is 57.8 Å². The zero-order chi connectivity index (χ0) is 14.0. The van der Waals surface area contributed by atoms with Crippen LogP contribution in [0.3, 0.4) is 0 Å². The number of hydrogen-bond donors (Lipinski definition) is 0. The van der Waals surface area contributed by atoms with E-state index in [1.54, 1.807) is 0 Å². The molecule has 4 fully saturated rings. The van der Waals surface area contributed by atoms with Gasteiger partial charge >= 0.3 is 0 Å². The van der Waals surface area contributed by atoms with Gasteiger partial charge in [0.1, 0.15) is 5.78 Å². The van der Waals surface area contributed by atoms with E-state index in [4.69, 9.17) is 0 Å². The van der Waals surface area contributed by atoms with Crippen LogP contribution < -0.4 is 0 Å². The maximum atomic E-state index is 12.4. The molecule has 4 saturated carbocycles. The zero-order valence-electron chi connectivity index (χ0n) is 13.3. The monoisotopic (exact) mass is 274 g/mol. The molecular formula is C19H30O. The average molecular weight is 274 g/mol. The normalized spacial score (nSPS) is 55.0. The van der Waals surface area contributed by atoms with E-state index in [-0.39, 0.29) is 5.41 Å². The molecule has 0 aliphatic heterocycles. The highest BCUT2D eigenvalue weighted by Gasteiger charge is 2.59. The summed E-state index contributed by atoms with van der Waals surface area (Å²) in [6.45, 7) is 4.92. The van der Waals surface area contributed by atoms with E-state index < -0.39 is 0 Å². The summed E-state index contributed by atoms with van der Waals surface area (Å²) in [6, 6.07) is 0. The molecule has 1 heteroatoms. The van der Waals surface area contributed by atoms with Crippen molar-refractivity contribution in [1.29, 1.82) is 0 Å². The van der Waals surface area contributed by atoms with Gasteiger partial charge in [0.25, 0.3) is 0 Å². The van der Waals surface area contributed by atoms with Crippen LogP contribution in [0.1, 0.15) is 78.1 Å². The lowest BCUT2D eigenvalue weighted by Crippen LogP contribution is -2.52. The maximum absolute atomic E-state index is 12.4. The number of hydrogen-bond acceptors (Lipinski definition) is 1. The SMILES string of the molecule is C[C@@]12CCC3[C@H](CC[C@@H]4CCCC[C@@]34C)C1CCC2=O. The van der Waals surface area contributed by atoms with Gasteiger partial charge in [-0.1, -0.05) is 26.7 Å². The lowest BCUT2D eigenvalue weighted by atomic mass is 9.45. The molecule has 0 saturated heterocycles. The van der Waals surface area contributed by atoms with E-state index in [0.717, 1.165) is 30.1 Å². The standard InChI is InChI=1S/C19H30O/c1-18-11-4-3-5-13(18)6-7-14-15-8-9-17(20)19(15,2)12-10-16(14)18/h13-16H,3-12H2,1-2H3/t13-,14+,15?,16?,18+,19+/m0/s1. The van der Waals surface area contributed by atoms with Crippen molar-refractivity contribution in [2.75, 3.05) is 0 Å². The van der Waals surface area contributed by atoms with Gasteiger partial charge in [-0.15, -0.1) is 0 Å².